The number of aliphatic hydroxyl groups is 1. The van der Waals surface area contributed by atoms with Gasteiger partial charge in [-0.2, -0.15) is 0 Å². The van der Waals surface area contributed by atoms with Crippen molar-refractivity contribution in [1.82, 2.24) is 14.5 Å². The smallest absolute Gasteiger partial charge is 0.295 e. The molecule has 8 heteroatoms. The van der Waals surface area contributed by atoms with Crippen molar-refractivity contribution in [3.05, 3.63) is 77.3 Å². The first-order valence-electron chi connectivity index (χ1n) is 11.0. The maximum Gasteiger partial charge on any atom is 0.295 e. The number of aryl methyl sites for hydroxylation is 2. The van der Waals surface area contributed by atoms with E-state index in [0.29, 0.717) is 36.6 Å². The molecule has 33 heavy (non-hydrogen) atoms. The Labute approximate surface area is 191 Å². The van der Waals surface area contributed by atoms with Crippen LogP contribution in [0.2, 0.25) is 0 Å². The quantitative estimate of drug-likeness (QED) is 0.352. The molecule has 1 saturated heterocycles. The highest BCUT2D eigenvalue weighted by Crippen LogP contribution is 2.41. The van der Waals surface area contributed by atoms with E-state index in [-0.39, 0.29) is 17.4 Å². The Morgan fingerprint density at radius 3 is 2.79 bits per heavy atom. The lowest BCUT2D eigenvalue weighted by molar-refractivity contribution is -0.140. The third kappa shape index (κ3) is 3.82. The van der Waals surface area contributed by atoms with Gasteiger partial charge in [0.2, 0.25) is 0 Å². The summed E-state index contributed by atoms with van der Waals surface area (Å²) in [5.74, 6) is 0.342. The van der Waals surface area contributed by atoms with Crippen LogP contribution in [0.4, 0.5) is 0 Å². The van der Waals surface area contributed by atoms with Crippen LogP contribution in [0.1, 0.15) is 42.0 Å². The SMILES string of the molecule is Cc1ccc([C@H]2C(=C(O)c3ccc4c(c3)C[C@H](C)O4)C(=O)C(=O)N2CCCn2ccnc2)o1. The van der Waals surface area contributed by atoms with Crippen molar-refractivity contribution in [2.24, 2.45) is 0 Å². The Morgan fingerprint density at radius 2 is 2.06 bits per heavy atom. The third-order valence-corrected chi connectivity index (χ3v) is 6.11. The van der Waals surface area contributed by atoms with Crippen molar-refractivity contribution in [2.75, 3.05) is 6.54 Å². The molecule has 2 aliphatic rings. The largest absolute Gasteiger partial charge is 0.507 e. The van der Waals surface area contributed by atoms with Gasteiger partial charge in [0.25, 0.3) is 11.7 Å². The highest BCUT2D eigenvalue weighted by Gasteiger charge is 2.47. The average molecular weight is 447 g/mol. The van der Waals surface area contributed by atoms with E-state index >= 15 is 0 Å². The van der Waals surface area contributed by atoms with E-state index in [9.17, 15) is 14.7 Å². The molecule has 1 amide bonds. The number of imidazole rings is 1. The van der Waals surface area contributed by atoms with Crippen molar-refractivity contribution in [3.8, 4) is 5.75 Å². The van der Waals surface area contributed by atoms with Gasteiger partial charge < -0.3 is 23.7 Å². The molecular weight excluding hydrogens is 422 g/mol. The van der Waals surface area contributed by atoms with Crippen molar-refractivity contribution in [2.45, 2.75) is 45.4 Å². The number of ether oxygens (including phenoxy) is 1. The van der Waals surface area contributed by atoms with E-state index < -0.39 is 17.7 Å². The Bertz CT molecular complexity index is 1240. The minimum atomic E-state index is -0.787. The summed E-state index contributed by atoms with van der Waals surface area (Å²) in [6.45, 7) is 4.76. The number of amides is 1. The van der Waals surface area contributed by atoms with Crippen LogP contribution >= 0.6 is 0 Å². The first kappa shape index (κ1) is 21.1. The van der Waals surface area contributed by atoms with Crippen LogP contribution < -0.4 is 4.74 Å². The van der Waals surface area contributed by atoms with Gasteiger partial charge in [-0.3, -0.25) is 9.59 Å². The number of benzene rings is 1. The molecule has 8 nitrogen and oxygen atoms in total. The first-order valence-corrected chi connectivity index (χ1v) is 11.0. The molecule has 0 aliphatic carbocycles. The van der Waals surface area contributed by atoms with Gasteiger partial charge in [-0.05, 0) is 56.2 Å². The second-order valence-corrected chi connectivity index (χ2v) is 8.55. The molecule has 0 radical (unpaired) electrons. The predicted molar refractivity (Wildman–Crippen MR) is 120 cm³/mol. The van der Waals surface area contributed by atoms with Crippen LogP contribution in [-0.2, 0) is 22.6 Å². The van der Waals surface area contributed by atoms with Gasteiger partial charge in [-0.25, -0.2) is 4.98 Å². The van der Waals surface area contributed by atoms with Crippen LogP contribution in [0.15, 0.2) is 59.0 Å². The second kappa shape index (κ2) is 8.27. The summed E-state index contributed by atoms with van der Waals surface area (Å²) in [5, 5.41) is 11.2. The molecule has 2 atom stereocenters. The summed E-state index contributed by atoms with van der Waals surface area (Å²) >= 11 is 0. The van der Waals surface area contributed by atoms with Gasteiger partial charge in [0.05, 0.1) is 11.9 Å². The van der Waals surface area contributed by atoms with E-state index in [1.54, 1.807) is 43.7 Å². The number of ketones is 1. The zero-order chi connectivity index (χ0) is 23.1. The fraction of sp³-hybridized carbons (Fsp3) is 0.320. The fourth-order valence-corrected chi connectivity index (χ4v) is 4.57. The van der Waals surface area contributed by atoms with Crippen LogP contribution in [0.3, 0.4) is 0 Å². The highest BCUT2D eigenvalue weighted by atomic mass is 16.5. The number of hydrogen-bond donors (Lipinski definition) is 1. The minimum Gasteiger partial charge on any atom is -0.507 e. The number of aromatic nitrogens is 2. The van der Waals surface area contributed by atoms with E-state index in [1.807, 2.05) is 23.8 Å². The number of Topliss-reactive ketones (excluding diaryl/α,β-unsaturated/α-hetero) is 1. The predicted octanol–water partition coefficient (Wildman–Crippen LogP) is 3.62. The Hall–Kier alpha value is -3.81. The summed E-state index contributed by atoms with van der Waals surface area (Å²) < 4.78 is 13.5. The first-order chi connectivity index (χ1) is 15.9. The molecule has 0 unspecified atom stereocenters. The Morgan fingerprint density at radius 1 is 1.21 bits per heavy atom. The second-order valence-electron chi connectivity index (χ2n) is 8.55. The normalized spacial score (nSPS) is 21.5. The fourth-order valence-electron chi connectivity index (χ4n) is 4.57. The summed E-state index contributed by atoms with van der Waals surface area (Å²) in [5.41, 5.74) is 1.49. The number of likely N-dealkylation sites (tertiary alicyclic amines) is 1. The van der Waals surface area contributed by atoms with Gasteiger partial charge in [-0.15, -0.1) is 0 Å². The standard InChI is InChI=1S/C25H25N3O5/c1-15-4-6-20(32-15)22-21(23(29)17-5-7-19-18(13-17)12-16(2)33-19)24(30)25(31)28(22)10-3-9-27-11-8-26-14-27/h4-8,11,13-14,16,22,29H,3,9-10,12H2,1-2H3/t16-,22-/m0/s1. The topological polar surface area (TPSA) is 97.8 Å². The lowest BCUT2D eigenvalue weighted by Gasteiger charge is -2.23. The van der Waals surface area contributed by atoms with Gasteiger partial charge >= 0.3 is 0 Å². The summed E-state index contributed by atoms with van der Waals surface area (Å²) in [4.78, 5) is 31.6. The monoisotopic (exact) mass is 447 g/mol. The molecular formula is C25H25N3O5. The molecule has 1 aromatic carbocycles. The third-order valence-electron chi connectivity index (χ3n) is 6.11. The molecule has 2 aromatic heterocycles. The maximum atomic E-state index is 13.1. The average Bonchev–Trinajstić information content (AvgIpc) is 3.57. The maximum absolute atomic E-state index is 13.1. The molecule has 2 aliphatic heterocycles. The van der Waals surface area contributed by atoms with Crippen LogP contribution in [0, 0.1) is 6.92 Å². The molecule has 1 N–H and O–H groups in total. The molecule has 3 aromatic rings. The number of rotatable bonds is 6. The molecule has 170 valence electrons. The van der Waals surface area contributed by atoms with Gasteiger partial charge in [-0.1, -0.05) is 0 Å². The number of hydrogen-bond acceptors (Lipinski definition) is 6. The molecule has 0 bridgehead atoms. The van der Waals surface area contributed by atoms with Crippen molar-refractivity contribution in [1.29, 1.82) is 0 Å². The minimum absolute atomic E-state index is 0.0453. The van der Waals surface area contributed by atoms with E-state index in [4.69, 9.17) is 9.15 Å². The van der Waals surface area contributed by atoms with Crippen molar-refractivity contribution in [3.63, 3.8) is 0 Å². The molecule has 0 spiro atoms. The lowest BCUT2D eigenvalue weighted by atomic mass is 9.97. The van der Waals surface area contributed by atoms with Crippen LogP contribution in [0.25, 0.3) is 5.76 Å². The number of nitrogens with zero attached hydrogens (tertiary/aromatic N) is 3. The molecule has 5 rings (SSSR count). The number of carbonyl (C=O) groups is 2. The van der Waals surface area contributed by atoms with E-state index in [0.717, 1.165) is 17.7 Å². The van der Waals surface area contributed by atoms with E-state index in [2.05, 4.69) is 4.98 Å². The van der Waals surface area contributed by atoms with Crippen LogP contribution in [-0.4, -0.2) is 43.9 Å². The van der Waals surface area contributed by atoms with Crippen molar-refractivity contribution >= 4 is 17.4 Å². The summed E-state index contributed by atoms with van der Waals surface area (Å²) in [7, 11) is 0. The molecule has 0 saturated carbocycles. The van der Waals surface area contributed by atoms with Crippen molar-refractivity contribution < 1.29 is 23.8 Å². The van der Waals surface area contributed by atoms with Gasteiger partial charge in [0.1, 0.15) is 35.2 Å². The zero-order valence-electron chi connectivity index (χ0n) is 18.5. The number of aliphatic hydroxyl groups excluding tert-OH is 1. The summed E-state index contributed by atoms with van der Waals surface area (Å²) in [6, 6.07) is 8.08. The van der Waals surface area contributed by atoms with Crippen LogP contribution in [0.5, 0.6) is 5.75 Å². The number of furan rings is 1. The molecule has 4 heterocycles. The van der Waals surface area contributed by atoms with Gasteiger partial charge in [0.15, 0.2) is 0 Å². The molecule has 1 fully saturated rings. The zero-order valence-corrected chi connectivity index (χ0v) is 18.5. The highest BCUT2D eigenvalue weighted by molar-refractivity contribution is 6.46. The Kier molecular flexibility index (Phi) is 5.28. The lowest BCUT2D eigenvalue weighted by Crippen LogP contribution is -2.31. The number of carbonyl (C=O) groups excluding carboxylic acids is 2. The van der Waals surface area contributed by atoms with Gasteiger partial charge in [0, 0.05) is 37.5 Å². The Balaban J connectivity index is 1.51. The van der Waals surface area contributed by atoms with E-state index in [1.165, 1.54) is 4.90 Å². The summed E-state index contributed by atoms with van der Waals surface area (Å²) in [6.07, 6.45) is 6.65. The number of fused-ring (bicyclic) bond motifs is 1.